The van der Waals surface area contributed by atoms with Crippen LogP contribution in [0.4, 0.5) is 22.7 Å². The van der Waals surface area contributed by atoms with Crippen molar-refractivity contribution in [2.24, 2.45) is 0 Å². The molecule has 0 N–H and O–H groups in total. The summed E-state index contributed by atoms with van der Waals surface area (Å²) >= 11 is 0. The van der Waals surface area contributed by atoms with Crippen molar-refractivity contribution in [3.8, 4) is 28.4 Å². The topological polar surface area (TPSA) is 46.7 Å². The van der Waals surface area contributed by atoms with E-state index in [4.69, 9.17) is 14.1 Å². The van der Waals surface area contributed by atoms with Gasteiger partial charge in [0.25, 0.3) is 0 Å². The number of hydrogen-bond acceptors (Lipinski definition) is 5. The third-order valence-corrected chi connectivity index (χ3v) is 12.0. The fourth-order valence-electron chi connectivity index (χ4n) is 8.86. The number of hydrogen-bond donors (Lipinski definition) is 0. The molecule has 8 aromatic carbocycles. The zero-order valence-electron chi connectivity index (χ0n) is 34.7. The number of fused-ring (bicyclic) bond motifs is 8. The molecule has 0 spiro atoms. The SMILES string of the molecule is CC(C)(C)c1cc(Oc2[c-]c3c(cc2)c2cc(-c4ccccc4)ccc2n3-c2cc3oc4cc5ccccc5cc4c3cn2)[c-]c(N2[CH-]N(c3ccccc3)c3ccccc32)c1.[Pt]. The molecule has 0 aliphatic carbocycles. The first kappa shape index (κ1) is 38.8. The summed E-state index contributed by atoms with van der Waals surface area (Å²) in [6, 6.07) is 66.5. The number of anilines is 4. The Morgan fingerprint density at radius 1 is 0.571 bits per heavy atom. The smallest absolute Gasteiger partial charge is 0.140 e. The zero-order chi connectivity index (χ0) is 41.5. The average molecular weight is 995 g/mol. The van der Waals surface area contributed by atoms with E-state index in [0.29, 0.717) is 11.5 Å². The van der Waals surface area contributed by atoms with Gasteiger partial charge >= 0.3 is 0 Å². The van der Waals surface area contributed by atoms with Gasteiger partial charge in [0.2, 0.25) is 0 Å². The van der Waals surface area contributed by atoms with Crippen molar-refractivity contribution in [2.45, 2.75) is 26.2 Å². The Hall–Kier alpha value is -7.14. The third-order valence-electron chi connectivity index (χ3n) is 12.0. The normalized spacial score (nSPS) is 12.7. The van der Waals surface area contributed by atoms with Gasteiger partial charge in [0.1, 0.15) is 17.0 Å². The summed E-state index contributed by atoms with van der Waals surface area (Å²) in [7, 11) is 0. The molecule has 0 atom stereocenters. The van der Waals surface area contributed by atoms with E-state index >= 15 is 0 Å². The van der Waals surface area contributed by atoms with Gasteiger partial charge in [-0.05, 0) is 75.2 Å². The molecule has 0 unspecified atom stereocenters. The Morgan fingerprint density at radius 3 is 2.05 bits per heavy atom. The Balaban J connectivity index is 0.00000444. The van der Waals surface area contributed by atoms with Crippen molar-refractivity contribution < 1.29 is 30.2 Å². The van der Waals surface area contributed by atoms with E-state index in [1.807, 2.05) is 30.5 Å². The number of rotatable bonds is 6. The summed E-state index contributed by atoms with van der Waals surface area (Å²) in [6.45, 7) is 8.81. The van der Waals surface area contributed by atoms with E-state index in [0.717, 1.165) is 94.4 Å². The third kappa shape index (κ3) is 6.65. The van der Waals surface area contributed by atoms with Crippen molar-refractivity contribution in [3.05, 3.63) is 200 Å². The van der Waals surface area contributed by atoms with E-state index in [2.05, 4.69) is 200 Å². The van der Waals surface area contributed by atoms with Gasteiger partial charge in [0.15, 0.2) is 0 Å². The van der Waals surface area contributed by atoms with E-state index in [1.165, 1.54) is 5.39 Å². The van der Waals surface area contributed by atoms with Crippen LogP contribution in [0.5, 0.6) is 11.5 Å². The molecule has 0 saturated heterocycles. The minimum Gasteiger partial charge on any atom is -0.509 e. The van der Waals surface area contributed by atoms with E-state index < -0.39 is 0 Å². The summed E-state index contributed by atoms with van der Waals surface area (Å²) in [5, 5.41) is 6.47. The van der Waals surface area contributed by atoms with Gasteiger partial charge in [0, 0.05) is 78.2 Å². The van der Waals surface area contributed by atoms with Crippen LogP contribution in [0.15, 0.2) is 180 Å². The molecule has 7 heteroatoms. The fourth-order valence-corrected chi connectivity index (χ4v) is 8.86. The Morgan fingerprint density at radius 2 is 1.27 bits per heavy atom. The Labute approximate surface area is 379 Å². The van der Waals surface area contributed by atoms with Crippen molar-refractivity contribution in [3.63, 3.8) is 0 Å². The minimum absolute atomic E-state index is 0. The maximum atomic E-state index is 6.83. The maximum Gasteiger partial charge on any atom is 0.140 e. The number of pyridine rings is 1. The minimum atomic E-state index is -0.162. The molecule has 3 aromatic heterocycles. The number of aromatic nitrogens is 2. The van der Waals surface area contributed by atoms with Crippen LogP contribution in [0.3, 0.4) is 0 Å². The zero-order valence-corrected chi connectivity index (χ0v) is 37.0. The molecule has 1 aliphatic rings. The second-order valence-electron chi connectivity index (χ2n) is 17.0. The average Bonchev–Trinajstić information content (AvgIpc) is 3.97. The van der Waals surface area contributed by atoms with Gasteiger partial charge < -0.3 is 23.5 Å². The van der Waals surface area contributed by atoms with Crippen molar-refractivity contribution in [1.82, 2.24) is 9.55 Å². The first-order valence-electron chi connectivity index (χ1n) is 20.9. The van der Waals surface area contributed by atoms with Crippen LogP contribution in [-0.2, 0) is 26.5 Å². The van der Waals surface area contributed by atoms with Gasteiger partial charge in [-0.3, -0.25) is 0 Å². The van der Waals surface area contributed by atoms with Crippen LogP contribution in [0.2, 0.25) is 0 Å². The molecule has 0 saturated carbocycles. The molecule has 308 valence electrons. The molecule has 4 heterocycles. The maximum absolute atomic E-state index is 6.83. The number of nitrogens with zero attached hydrogens (tertiary/aromatic N) is 4. The molecule has 6 nitrogen and oxygen atoms in total. The van der Waals surface area contributed by atoms with Crippen LogP contribution in [0.25, 0.3) is 71.5 Å². The van der Waals surface area contributed by atoms with E-state index in [-0.39, 0.29) is 26.5 Å². The summed E-state index contributed by atoms with van der Waals surface area (Å²) in [4.78, 5) is 9.52. The van der Waals surface area contributed by atoms with Crippen molar-refractivity contribution in [2.75, 3.05) is 9.80 Å². The second kappa shape index (κ2) is 15.0. The molecule has 1 aliphatic heterocycles. The summed E-state index contributed by atoms with van der Waals surface area (Å²) in [6.07, 6.45) is 1.93. The summed E-state index contributed by atoms with van der Waals surface area (Å²) < 4.78 is 15.6. The molecule has 0 fully saturated rings. The van der Waals surface area contributed by atoms with Gasteiger partial charge in [-0.25, -0.2) is 4.98 Å². The largest absolute Gasteiger partial charge is 0.509 e. The summed E-state index contributed by atoms with van der Waals surface area (Å²) in [5.74, 6) is 1.92. The van der Waals surface area contributed by atoms with Gasteiger partial charge in [-0.1, -0.05) is 123 Å². The number of benzene rings is 8. The first-order valence-corrected chi connectivity index (χ1v) is 20.9. The predicted molar refractivity (Wildman–Crippen MR) is 253 cm³/mol. The quantitative estimate of drug-likeness (QED) is 0.155. The second-order valence-corrected chi connectivity index (χ2v) is 17.0. The molecular weight excluding hydrogens is 956 g/mol. The first-order chi connectivity index (χ1) is 30.3. The molecule has 11 aromatic rings. The van der Waals surface area contributed by atoms with Gasteiger partial charge in [-0.15, -0.1) is 53.6 Å². The Bertz CT molecular complexity index is 3530. The van der Waals surface area contributed by atoms with Crippen LogP contribution >= 0.6 is 0 Å². The molecular formula is C56H39N4O2Pt-3. The number of furan rings is 1. The molecule has 12 rings (SSSR count). The molecule has 0 amide bonds. The predicted octanol–water partition coefficient (Wildman–Crippen LogP) is 15.0. The molecule has 63 heavy (non-hydrogen) atoms. The standard InChI is InChI=1S/C56H39N4O2.Pt/c1-56(2,3)40-29-42(59-35-58(41-18-8-5-9-19-41)50-20-12-13-21-51(50)59)31-44(30-40)61-43-23-24-45-46-26-39(36-14-6-4-7-15-36)22-25-49(46)60(52(45)32-43)55-33-54-48(34-57-55)47-27-37-16-10-11-17-38(37)28-53(47)62-54;/h4-30,33-35H,1-3H3;/q-3;. The van der Waals surface area contributed by atoms with Gasteiger partial charge in [-0.2, -0.15) is 6.07 Å². The van der Waals surface area contributed by atoms with Gasteiger partial charge in [0.05, 0.1) is 0 Å². The van der Waals surface area contributed by atoms with Crippen molar-refractivity contribution >= 4 is 77.3 Å². The number of ether oxygens (including phenoxy) is 1. The van der Waals surface area contributed by atoms with E-state index in [9.17, 15) is 0 Å². The molecule has 0 radical (unpaired) electrons. The Kier molecular flexibility index (Phi) is 9.25. The van der Waals surface area contributed by atoms with Crippen LogP contribution in [0.1, 0.15) is 26.3 Å². The van der Waals surface area contributed by atoms with E-state index in [1.54, 1.807) is 0 Å². The number of para-hydroxylation sites is 3. The van der Waals surface area contributed by atoms with Crippen LogP contribution in [-0.4, -0.2) is 9.55 Å². The monoisotopic (exact) mass is 994 g/mol. The van der Waals surface area contributed by atoms with Crippen molar-refractivity contribution in [1.29, 1.82) is 0 Å². The molecule has 0 bridgehead atoms. The van der Waals surface area contributed by atoms with Crippen LogP contribution in [0, 0.1) is 18.8 Å². The fraction of sp³-hybridized carbons (Fsp3) is 0.0714. The van der Waals surface area contributed by atoms with Crippen LogP contribution < -0.4 is 14.5 Å². The summed E-state index contributed by atoms with van der Waals surface area (Å²) in [5.41, 5.74) is 10.9.